The molecule has 0 bridgehead atoms. The zero-order chi connectivity index (χ0) is 15.1. The van der Waals surface area contributed by atoms with E-state index in [0.29, 0.717) is 11.8 Å². The summed E-state index contributed by atoms with van der Waals surface area (Å²) in [5.74, 6) is 1.83. The lowest BCUT2D eigenvalue weighted by Crippen LogP contribution is -2.27. The first-order chi connectivity index (χ1) is 10.7. The van der Waals surface area contributed by atoms with Crippen molar-refractivity contribution < 1.29 is 4.52 Å². The molecule has 0 aliphatic carbocycles. The molecule has 1 aliphatic rings. The molecule has 0 radical (unpaired) electrons. The van der Waals surface area contributed by atoms with Crippen molar-refractivity contribution in [3.63, 3.8) is 0 Å². The molecular weight excluding hydrogens is 278 g/mol. The van der Waals surface area contributed by atoms with E-state index in [-0.39, 0.29) is 0 Å². The Morgan fingerprint density at radius 1 is 1.27 bits per heavy atom. The van der Waals surface area contributed by atoms with Gasteiger partial charge in [-0.25, -0.2) is 0 Å². The molecule has 0 saturated carbocycles. The summed E-state index contributed by atoms with van der Waals surface area (Å²) in [6.07, 6.45) is 2.14. The van der Waals surface area contributed by atoms with Gasteiger partial charge in [-0.05, 0) is 45.0 Å². The maximum atomic E-state index is 5.49. The number of hydrogen-bond acceptors (Lipinski definition) is 5. The third kappa shape index (κ3) is 2.20. The summed E-state index contributed by atoms with van der Waals surface area (Å²) in [5, 5.41) is 13.1. The van der Waals surface area contributed by atoms with Crippen molar-refractivity contribution in [2.75, 3.05) is 13.1 Å². The molecule has 2 aromatic heterocycles. The monoisotopic (exact) mass is 297 g/mol. The Kier molecular flexibility index (Phi) is 3.18. The van der Waals surface area contributed by atoms with Crippen LogP contribution in [0.5, 0.6) is 0 Å². The Bertz CT molecular complexity index is 813. The van der Waals surface area contributed by atoms with Crippen LogP contribution in [0.25, 0.3) is 22.4 Å². The second kappa shape index (κ2) is 5.21. The second-order valence-electron chi connectivity index (χ2n) is 5.92. The van der Waals surface area contributed by atoms with Crippen molar-refractivity contribution in [3.05, 3.63) is 29.7 Å². The van der Waals surface area contributed by atoms with Gasteiger partial charge in [0.15, 0.2) is 5.82 Å². The molecule has 6 nitrogen and oxygen atoms in total. The van der Waals surface area contributed by atoms with Crippen LogP contribution in [-0.4, -0.2) is 33.0 Å². The molecule has 1 aromatic carbocycles. The number of nitrogens with one attached hydrogen (secondary N) is 1. The van der Waals surface area contributed by atoms with Crippen LogP contribution in [0.15, 0.2) is 22.7 Å². The quantitative estimate of drug-likeness (QED) is 0.786. The summed E-state index contributed by atoms with van der Waals surface area (Å²) in [6, 6.07) is 6.16. The first-order valence-electron chi connectivity index (χ1n) is 7.70. The highest BCUT2D eigenvalue weighted by Crippen LogP contribution is 2.28. The van der Waals surface area contributed by atoms with Gasteiger partial charge in [0.05, 0.1) is 11.2 Å². The predicted molar refractivity (Wildman–Crippen MR) is 83.6 cm³/mol. The number of hydrogen-bond donors (Lipinski definition) is 1. The average molecular weight is 297 g/mol. The van der Waals surface area contributed by atoms with Crippen LogP contribution in [0.4, 0.5) is 0 Å². The minimum absolute atomic E-state index is 0.404. The largest absolute Gasteiger partial charge is 0.334 e. The van der Waals surface area contributed by atoms with Gasteiger partial charge in [0.1, 0.15) is 0 Å². The van der Waals surface area contributed by atoms with Crippen molar-refractivity contribution >= 4 is 10.9 Å². The van der Waals surface area contributed by atoms with Gasteiger partial charge in [0, 0.05) is 23.9 Å². The molecule has 1 aliphatic heterocycles. The number of nitrogens with zero attached hydrogens (tertiary/aromatic N) is 4. The van der Waals surface area contributed by atoms with Gasteiger partial charge >= 0.3 is 0 Å². The second-order valence-corrected chi connectivity index (χ2v) is 5.92. The van der Waals surface area contributed by atoms with Crippen LogP contribution in [0, 0.1) is 6.92 Å². The van der Waals surface area contributed by atoms with E-state index in [4.69, 9.17) is 4.52 Å². The minimum Gasteiger partial charge on any atom is -0.334 e. The Labute approximate surface area is 128 Å². The third-order valence-electron chi connectivity index (χ3n) is 4.43. The number of aromatic nitrogens is 4. The molecule has 114 valence electrons. The molecule has 0 spiro atoms. The van der Waals surface area contributed by atoms with Gasteiger partial charge in [-0.15, -0.1) is 0 Å². The van der Waals surface area contributed by atoms with Crippen molar-refractivity contribution in [2.45, 2.75) is 25.7 Å². The molecule has 0 unspecified atom stereocenters. The lowest BCUT2D eigenvalue weighted by molar-refractivity contribution is 0.392. The SMILES string of the molecule is Cc1nn(C)c2cc(-c3nc(C4CCNCC4)no3)ccc12. The zero-order valence-corrected chi connectivity index (χ0v) is 12.8. The molecule has 3 heterocycles. The standard InChI is InChI=1S/C16H19N5O/c1-10-13-4-3-12(9-14(13)21(2)19-10)16-18-15(20-22-16)11-5-7-17-8-6-11/h3-4,9,11,17H,5-8H2,1-2H3. The Morgan fingerprint density at radius 3 is 2.91 bits per heavy atom. The Morgan fingerprint density at radius 2 is 2.09 bits per heavy atom. The first kappa shape index (κ1) is 13.5. The minimum atomic E-state index is 0.404. The number of aryl methyl sites for hydroxylation is 2. The van der Waals surface area contributed by atoms with Gasteiger partial charge in [0.2, 0.25) is 0 Å². The topological polar surface area (TPSA) is 68.8 Å². The number of rotatable bonds is 2. The van der Waals surface area contributed by atoms with E-state index < -0.39 is 0 Å². The maximum Gasteiger partial charge on any atom is 0.258 e. The van der Waals surface area contributed by atoms with Crippen molar-refractivity contribution in [3.8, 4) is 11.5 Å². The molecule has 1 saturated heterocycles. The molecule has 1 fully saturated rings. The van der Waals surface area contributed by atoms with Crippen molar-refractivity contribution in [1.29, 1.82) is 0 Å². The number of piperidine rings is 1. The van der Waals surface area contributed by atoms with E-state index in [1.165, 1.54) is 0 Å². The van der Waals surface area contributed by atoms with E-state index >= 15 is 0 Å². The summed E-state index contributed by atoms with van der Waals surface area (Å²) >= 11 is 0. The van der Waals surface area contributed by atoms with Gasteiger partial charge in [-0.3, -0.25) is 4.68 Å². The predicted octanol–water partition coefficient (Wildman–Crippen LogP) is 2.40. The summed E-state index contributed by atoms with van der Waals surface area (Å²) < 4.78 is 7.38. The summed E-state index contributed by atoms with van der Waals surface area (Å²) in [7, 11) is 1.95. The highest BCUT2D eigenvalue weighted by Gasteiger charge is 2.21. The molecule has 1 N–H and O–H groups in total. The summed E-state index contributed by atoms with van der Waals surface area (Å²) in [6.45, 7) is 4.06. The van der Waals surface area contributed by atoms with E-state index in [1.807, 2.05) is 24.7 Å². The Balaban J connectivity index is 1.69. The van der Waals surface area contributed by atoms with E-state index in [0.717, 1.165) is 53.9 Å². The smallest absolute Gasteiger partial charge is 0.258 e. The molecule has 0 amide bonds. The van der Waals surface area contributed by atoms with Crippen LogP contribution in [0.3, 0.4) is 0 Å². The fourth-order valence-electron chi connectivity index (χ4n) is 3.17. The van der Waals surface area contributed by atoms with Crippen molar-refractivity contribution in [2.24, 2.45) is 7.05 Å². The van der Waals surface area contributed by atoms with Crippen LogP contribution in [-0.2, 0) is 7.05 Å². The fourth-order valence-corrected chi connectivity index (χ4v) is 3.17. The van der Waals surface area contributed by atoms with Crippen LogP contribution in [0.1, 0.15) is 30.3 Å². The van der Waals surface area contributed by atoms with E-state index in [9.17, 15) is 0 Å². The van der Waals surface area contributed by atoms with Gasteiger partial charge in [-0.1, -0.05) is 11.2 Å². The van der Waals surface area contributed by atoms with E-state index in [1.54, 1.807) is 0 Å². The third-order valence-corrected chi connectivity index (χ3v) is 4.43. The highest BCUT2D eigenvalue weighted by molar-refractivity contribution is 5.85. The molecule has 4 rings (SSSR count). The number of benzene rings is 1. The first-order valence-corrected chi connectivity index (χ1v) is 7.70. The lowest BCUT2D eigenvalue weighted by Gasteiger charge is -2.18. The zero-order valence-electron chi connectivity index (χ0n) is 12.8. The molecule has 6 heteroatoms. The average Bonchev–Trinajstić information content (AvgIpc) is 3.14. The molecule has 22 heavy (non-hydrogen) atoms. The van der Waals surface area contributed by atoms with Crippen molar-refractivity contribution in [1.82, 2.24) is 25.2 Å². The summed E-state index contributed by atoms with van der Waals surface area (Å²) in [4.78, 5) is 4.61. The summed E-state index contributed by atoms with van der Waals surface area (Å²) in [5.41, 5.74) is 3.06. The van der Waals surface area contributed by atoms with Crippen LogP contribution in [0.2, 0.25) is 0 Å². The molecule has 3 aromatic rings. The Hall–Kier alpha value is -2.21. The highest BCUT2D eigenvalue weighted by atomic mass is 16.5. The lowest BCUT2D eigenvalue weighted by atomic mass is 9.98. The maximum absolute atomic E-state index is 5.49. The molecular formula is C16H19N5O. The van der Waals surface area contributed by atoms with Crippen LogP contribution >= 0.6 is 0 Å². The van der Waals surface area contributed by atoms with Gasteiger partial charge in [0.25, 0.3) is 5.89 Å². The van der Waals surface area contributed by atoms with E-state index in [2.05, 4.69) is 32.7 Å². The van der Waals surface area contributed by atoms with Crippen LogP contribution < -0.4 is 5.32 Å². The van der Waals surface area contributed by atoms with Gasteiger partial charge in [-0.2, -0.15) is 10.1 Å². The molecule has 0 atom stereocenters. The fraction of sp³-hybridized carbons (Fsp3) is 0.438. The number of fused-ring (bicyclic) bond motifs is 1. The van der Waals surface area contributed by atoms with Gasteiger partial charge < -0.3 is 9.84 Å². The normalized spacial score (nSPS) is 16.5.